The fourth-order valence-corrected chi connectivity index (χ4v) is 4.19. The minimum atomic E-state index is -0.407. The molecule has 2 amide bonds. The summed E-state index contributed by atoms with van der Waals surface area (Å²) in [6.07, 6.45) is 4.55. The first-order valence-electron chi connectivity index (χ1n) is 11.0. The smallest absolute Gasteiger partial charge is 0.318 e. The van der Waals surface area contributed by atoms with Crippen molar-refractivity contribution in [3.63, 3.8) is 0 Å². The zero-order valence-corrected chi connectivity index (χ0v) is 19.0. The number of ether oxygens (including phenoxy) is 1. The SMILES string of the molecule is COc1ccccc1C(NC(=O)N1CCCN(c2ccc(C)cc2)CC1)c1nccn1C. The number of amides is 2. The average molecular weight is 434 g/mol. The summed E-state index contributed by atoms with van der Waals surface area (Å²) in [4.78, 5) is 22.1. The molecule has 0 bridgehead atoms. The molecule has 1 N–H and O–H groups in total. The van der Waals surface area contributed by atoms with Crippen LogP contribution >= 0.6 is 0 Å². The molecule has 0 spiro atoms. The van der Waals surface area contributed by atoms with Crippen molar-refractivity contribution in [2.24, 2.45) is 7.05 Å². The third kappa shape index (κ3) is 4.72. The number of nitrogens with one attached hydrogen (secondary N) is 1. The van der Waals surface area contributed by atoms with E-state index in [1.807, 2.05) is 47.0 Å². The van der Waals surface area contributed by atoms with Crippen molar-refractivity contribution in [2.45, 2.75) is 19.4 Å². The van der Waals surface area contributed by atoms with Crippen LogP contribution < -0.4 is 15.0 Å². The fraction of sp³-hybridized carbons (Fsp3) is 0.360. The molecule has 0 radical (unpaired) electrons. The molecule has 4 rings (SSSR count). The number of rotatable bonds is 5. The lowest BCUT2D eigenvalue weighted by Crippen LogP contribution is -2.44. The molecule has 1 aliphatic rings. The van der Waals surface area contributed by atoms with Crippen LogP contribution in [0.4, 0.5) is 10.5 Å². The molecule has 3 aromatic rings. The van der Waals surface area contributed by atoms with Gasteiger partial charge in [-0.2, -0.15) is 0 Å². The summed E-state index contributed by atoms with van der Waals surface area (Å²) in [5.74, 6) is 1.49. The van der Waals surface area contributed by atoms with Crippen LogP contribution in [0, 0.1) is 6.92 Å². The summed E-state index contributed by atoms with van der Waals surface area (Å²) in [5, 5.41) is 3.22. The highest BCUT2D eigenvalue weighted by atomic mass is 16.5. The van der Waals surface area contributed by atoms with Crippen LogP contribution in [-0.2, 0) is 7.05 Å². The second kappa shape index (κ2) is 9.77. The number of imidazole rings is 1. The van der Waals surface area contributed by atoms with Crippen molar-refractivity contribution in [3.05, 3.63) is 77.9 Å². The van der Waals surface area contributed by atoms with E-state index in [4.69, 9.17) is 4.74 Å². The van der Waals surface area contributed by atoms with E-state index >= 15 is 0 Å². The number of aromatic nitrogens is 2. The lowest BCUT2D eigenvalue weighted by molar-refractivity contribution is 0.198. The Hall–Kier alpha value is -3.48. The predicted octanol–water partition coefficient (Wildman–Crippen LogP) is 3.75. The summed E-state index contributed by atoms with van der Waals surface area (Å²) < 4.78 is 7.50. The van der Waals surface area contributed by atoms with Gasteiger partial charge in [-0.05, 0) is 31.5 Å². The summed E-state index contributed by atoms with van der Waals surface area (Å²) >= 11 is 0. The molecule has 1 saturated heterocycles. The molecule has 2 aromatic carbocycles. The quantitative estimate of drug-likeness (QED) is 0.666. The number of hydrogen-bond acceptors (Lipinski definition) is 4. The van der Waals surface area contributed by atoms with Crippen molar-refractivity contribution in [1.82, 2.24) is 19.8 Å². The van der Waals surface area contributed by atoms with Crippen molar-refractivity contribution >= 4 is 11.7 Å². The Morgan fingerprint density at radius 1 is 1.06 bits per heavy atom. The number of anilines is 1. The van der Waals surface area contributed by atoms with E-state index in [9.17, 15) is 4.79 Å². The minimum absolute atomic E-state index is 0.0883. The van der Waals surface area contributed by atoms with Crippen LogP contribution in [0.5, 0.6) is 5.75 Å². The Balaban J connectivity index is 1.51. The number of carbonyl (C=O) groups is 1. The monoisotopic (exact) mass is 433 g/mol. The van der Waals surface area contributed by atoms with Gasteiger partial charge in [-0.3, -0.25) is 0 Å². The average Bonchev–Trinajstić information content (AvgIpc) is 3.08. The Morgan fingerprint density at radius 3 is 2.56 bits per heavy atom. The van der Waals surface area contributed by atoms with Crippen molar-refractivity contribution in [3.8, 4) is 5.75 Å². The van der Waals surface area contributed by atoms with E-state index in [1.165, 1.54) is 11.3 Å². The summed E-state index contributed by atoms with van der Waals surface area (Å²) in [6, 6.07) is 15.8. The van der Waals surface area contributed by atoms with Gasteiger partial charge in [0.2, 0.25) is 0 Å². The number of aryl methyl sites for hydroxylation is 2. The van der Waals surface area contributed by atoms with Gasteiger partial charge >= 0.3 is 6.03 Å². The van der Waals surface area contributed by atoms with Gasteiger partial charge in [0.05, 0.1) is 7.11 Å². The zero-order chi connectivity index (χ0) is 22.5. The molecule has 1 atom stereocenters. The van der Waals surface area contributed by atoms with E-state index in [1.54, 1.807) is 13.3 Å². The van der Waals surface area contributed by atoms with E-state index in [0.29, 0.717) is 13.1 Å². The van der Waals surface area contributed by atoms with E-state index in [0.717, 1.165) is 36.6 Å². The number of methoxy groups -OCH3 is 1. The first kappa shape index (κ1) is 21.7. The van der Waals surface area contributed by atoms with Crippen LogP contribution in [0.3, 0.4) is 0 Å². The number of carbonyl (C=O) groups excluding carboxylic acids is 1. The van der Waals surface area contributed by atoms with Gasteiger partial charge in [0.15, 0.2) is 0 Å². The number of urea groups is 1. The van der Waals surface area contributed by atoms with Crippen LogP contribution in [0.1, 0.15) is 29.4 Å². The van der Waals surface area contributed by atoms with Gasteiger partial charge in [-0.1, -0.05) is 35.9 Å². The fourth-order valence-electron chi connectivity index (χ4n) is 4.19. The third-order valence-corrected chi connectivity index (χ3v) is 6.02. The standard InChI is InChI=1S/C25H31N5O2/c1-19-9-11-20(12-10-19)29-14-6-15-30(18-17-29)25(31)27-23(24-26-13-16-28(24)2)21-7-4-5-8-22(21)32-3/h4-5,7-13,16,23H,6,14-15,17-18H2,1-3H3,(H,27,31). The highest BCUT2D eigenvalue weighted by Crippen LogP contribution is 2.29. The van der Waals surface area contributed by atoms with Gasteiger partial charge in [0, 0.05) is 56.9 Å². The summed E-state index contributed by atoms with van der Waals surface area (Å²) in [6.45, 7) is 5.21. The van der Waals surface area contributed by atoms with E-state index in [2.05, 4.69) is 46.4 Å². The second-order valence-electron chi connectivity index (χ2n) is 8.18. The normalized spacial score (nSPS) is 15.2. The number of hydrogen-bond donors (Lipinski definition) is 1. The molecular weight excluding hydrogens is 402 g/mol. The van der Waals surface area contributed by atoms with Gasteiger partial charge in [0.1, 0.15) is 17.6 Å². The Kier molecular flexibility index (Phi) is 6.63. The Labute approximate surface area is 189 Å². The molecule has 0 saturated carbocycles. The third-order valence-electron chi connectivity index (χ3n) is 6.02. The molecular formula is C25H31N5O2. The molecule has 168 valence electrons. The Bertz CT molecular complexity index is 1050. The van der Waals surface area contributed by atoms with Crippen LogP contribution in [0.2, 0.25) is 0 Å². The predicted molar refractivity (Wildman–Crippen MR) is 126 cm³/mol. The maximum Gasteiger partial charge on any atom is 0.318 e. The molecule has 1 aromatic heterocycles. The molecule has 1 unspecified atom stereocenters. The van der Waals surface area contributed by atoms with Crippen LogP contribution in [0.15, 0.2) is 60.9 Å². The van der Waals surface area contributed by atoms with Crippen molar-refractivity contribution < 1.29 is 9.53 Å². The second-order valence-corrected chi connectivity index (χ2v) is 8.18. The molecule has 7 nitrogen and oxygen atoms in total. The van der Waals surface area contributed by atoms with E-state index < -0.39 is 6.04 Å². The topological polar surface area (TPSA) is 62.6 Å². The van der Waals surface area contributed by atoms with Gasteiger partial charge in [0.25, 0.3) is 0 Å². The minimum Gasteiger partial charge on any atom is -0.496 e. The Morgan fingerprint density at radius 2 is 1.84 bits per heavy atom. The van der Waals surface area contributed by atoms with Gasteiger partial charge < -0.3 is 24.4 Å². The van der Waals surface area contributed by atoms with E-state index in [-0.39, 0.29) is 6.03 Å². The van der Waals surface area contributed by atoms with Crippen LogP contribution in [-0.4, -0.2) is 53.8 Å². The zero-order valence-electron chi connectivity index (χ0n) is 19.0. The molecule has 2 heterocycles. The van der Waals surface area contributed by atoms with Crippen molar-refractivity contribution in [1.29, 1.82) is 0 Å². The highest BCUT2D eigenvalue weighted by molar-refractivity contribution is 5.75. The summed E-state index contributed by atoms with van der Waals surface area (Å²) in [5.41, 5.74) is 3.34. The molecule has 7 heteroatoms. The molecule has 1 aliphatic heterocycles. The lowest BCUT2D eigenvalue weighted by atomic mass is 10.0. The lowest BCUT2D eigenvalue weighted by Gasteiger charge is -2.27. The molecule has 1 fully saturated rings. The highest BCUT2D eigenvalue weighted by Gasteiger charge is 2.27. The first-order chi connectivity index (χ1) is 15.6. The first-order valence-corrected chi connectivity index (χ1v) is 11.0. The van der Waals surface area contributed by atoms with Gasteiger partial charge in [-0.15, -0.1) is 0 Å². The van der Waals surface area contributed by atoms with Crippen molar-refractivity contribution in [2.75, 3.05) is 38.2 Å². The summed E-state index contributed by atoms with van der Waals surface area (Å²) in [7, 11) is 3.58. The number of nitrogens with zero attached hydrogens (tertiary/aromatic N) is 4. The number of para-hydroxylation sites is 1. The molecule has 0 aliphatic carbocycles. The maximum absolute atomic E-state index is 13.3. The maximum atomic E-state index is 13.3. The number of benzene rings is 2. The van der Waals surface area contributed by atoms with Crippen LogP contribution in [0.25, 0.3) is 0 Å². The van der Waals surface area contributed by atoms with Gasteiger partial charge in [-0.25, -0.2) is 9.78 Å². The largest absolute Gasteiger partial charge is 0.496 e. The molecule has 32 heavy (non-hydrogen) atoms.